The van der Waals surface area contributed by atoms with Crippen LogP contribution in [0.1, 0.15) is 55.9 Å². The van der Waals surface area contributed by atoms with E-state index in [4.69, 9.17) is 4.74 Å². The van der Waals surface area contributed by atoms with Crippen molar-refractivity contribution in [2.45, 2.75) is 32.2 Å². The molecule has 1 fully saturated rings. The van der Waals surface area contributed by atoms with Crippen LogP contribution in [0, 0.1) is 6.92 Å². The number of thiophene rings is 1. The third-order valence-corrected chi connectivity index (χ3v) is 6.45. The van der Waals surface area contributed by atoms with Crippen molar-refractivity contribution in [3.63, 3.8) is 0 Å². The molecule has 0 aromatic carbocycles. The maximum atomic E-state index is 12.9. The van der Waals surface area contributed by atoms with Crippen molar-refractivity contribution in [2.75, 3.05) is 32.8 Å². The molecule has 6 nitrogen and oxygen atoms in total. The number of ketones is 1. The summed E-state index contributed by atoms with van der Waals surface area (Å²) in [5.41, 5.74) is 2.96. The van der Waals surface area contributed by atoms with Crippen molar-refractivity contribution in [2.24, 2.45) is 0 Å². The van der Waals surface area contributed by atoms with Crippen molar-refractivity contribution < 1.29 is 14.3 Å². The second kappa shape index (κ2) is 7.96. The van der Waals surface area contributed by atoms with E-state index in [0.717, 1.165) is 56.0 Å². The molecular weight excluding hydrogens is 362 g/mol. The number of aromatic nitrogens is 1. The topological polar surface area (TPSA) is 74.4 Å². The van der Waals surface area contributed by atoms with Gasteiger partial charge in [0.25, 0.3) is 5.91 Å². The van der Waals surface area contributed by atoms with Crippen molar-refractivity contribution in [1.29, 1.82) is 0 Å². The number of Topliss-reactive ketones (excluding diaryl/α,β-unsaturated/α-hetero) is 1. The van der Waals surface area contributed by atoms with E-state index in [-0.39, 0.29) is 17.7 Å². The van der Waals surface area contributed by atoms with Crippen LogP contribution in [0.2, 0.25) is 0 Å². The first kappa shape index (κ1) is 18.4. The molecule has 2 aromatic heterocycles. The molecule has 1 aliphatic carbocycles. The first-order valence-electron chi connectivity index (χ1n) is 9.53. The Kier molecular flexibility index (Phi) is 5.43. The molecule has 2 aromatic rings. The van der Waals surface area contributed by atoms with Crippen LogP contribution >= 0.6 is 11.3 Å². The van der Waals surface area contributed by atoms with Crippen LogP contribution in [0.4, 0.5) is 0 Å². The van der Waals surface area contributed by atoms with E-state index >= 15 is 0 Å². The number of rotatable bonds is 5. The average molecular weight is 388 g/mol. The van der Waals surface area contributed by atoms with Gasteiger partial charge >= 0.3 is 0 Å². The summed E-state index contributed by atoms with van der Waals surface area (Å²) in [6.45, 7) is 5.58. The molecule has 2 aliphatic rings. The van der Waals surface area contributed by atoms with Gasteiger partial charge in [-0.3, -0.25) is 14.5 Å². The number of hydrogen-bond acceptors (Lipinski definition) is 5. The summed E-state index contributed by atoms with van der Waals surface area (Å²) in [6, 6.07) is 4.31. The number of carbonyl (C=O) groups is 2. The summed E-state index contributed by atoms with van der Waals surface area (Å²) < 4.78 is 5.47. The number of amides is 1. The van der Waals surface area contributed by atoms with Crippen LogP contribution in [0.25, 0.3) is 0 Å². The molecule has 1 amide bonds. The number of nitrogens with zero attached hydrogens (tertiary/aromatic N) is 1. The lowest BCUT2D eigenvalue weighted by atomic mass is 9.94. The third-order valence-electron chi connectivity index (χ3n) is 5.48. The molecule has 27 heavy (non-hydrogen) atoms. The minimum Gasteiger partial charge on any atom is -0.379 e. The number of nitrogens with one attached hydrogen (secondary N) is 2. The predicted octanol–water partition coefficient (Wildman–Crippen LogP) is 2.71. The summed E-state index contributed by atoms with van der Waals surface area (Å²) >= 11 is 1.71. The lowest BCUT2D eigenvalue weighted by Gasteiger charge is -2.34. The Labute approximate surface area is 162 Å². The molecule has 0 saturated carbocycles. The number of aryl methyl sites for hydroxylation is 1. The molecule has 4 rings (SSSR count). The molecule has 1 aliphatic heterocycles. The highest BCUT2D eigenvalue weighted by Gasteiger charge is 2.28. The Morgan fingerprint density at radius 3 is 2.89 bits per heavy atom. The summed E-state index contributed by atoms with van der Waals surface area (Å²) in [4.78, 5) is 31.9. The molecule has 0 radical (unpaired) electrons. The Morgan fingerprint density at radius 2 is 2.19 bits per heavy atom. The van der Waals surface area contributed by atoms with E-state index in [1.54, 1.807) is 11.3 Å². The van der Waals surface area contributed by atoms with Gasteiger partial charge in [-0.25, -0.2) is 0 Å². The fourth-order valence-corrected chi connectivity index (χ4v) is 4.92. The van der Waals surface area contributed by atoms with E-state index in [0.29, 0.717) is 18.7 Å². The van der Waals surface area contributed by atoms with Crippen LogP contribution in [0.5, 0.6) is 0 Å². The van der Waals surface area contributed by atoms with E-state index in [1.807, 2.05) is 13.0 Å². The number of hydrogen-bond donors (Lipinski definition) is 2. The van der Waals surface area contributed by atoms with Gasteiger partial charge in [-0.1, -0.05) is 6.07 Å². The smallest absolute Gasteiger partial charge is 0.268 e. The fourth-order valence-electron chi connectivity index (χ4n) is 4.06. The number of ether oxygens (including phenoxy) is 1. The van der Waals surface area contributed by atoms with Crippen LogP contribution in [-0.4, -0.2) is 54.4 Å². The summed E-state index contributed by atoms with van der Waals surface area (Å²) in [5, 5.41) is 5.16. The third kappa shape index (κ3) is 3.72. The largest absolute Gasteiger partial charge is 0.379 e. The van der Waals surface area contributed by atoms with Gasteiger partial charge in [0.15, 0.2) is 5.78 Å². The van der Waals surface area contributed by atoms with Crippen molar-refractivity contribution >= 4 is 23.0 Å². The van der Waals surface area contributed by atoms with Crippen molar-refractivity contribution in [3.8, 4) is 0 Å². The zero-order valence-corrected chi connectivity index (χ0v) is 16.4. The average Bonchev–Trinajstić information content (AvgIpc) is 3.32. The number of H-pyrrole nitrogens is 1. The summed E-state index contributed by atoms with van der Waals surface area (Å²) in [6.07, 6.45) is 2.26. The van der Waals surface area contributed by atoms with E-state index in [1.165, 1.54) is 4.88 Å². The van der Waals surface area contributed by atoms with Gasteiger partial charge in [-0.05, 0) is 36.8 Å². The molecular formula is C20H25N3O3S. The van der Waals surface area contributed by atoms with Gasteiger partial charge in [0.05, 0.1) is 19.3 Å². The zero-order valence-electron chi connectivity index (χ0n) is 15.5. The maximum absolute atomic E-state index is 12.9. The Bertz CT molecular complexity index is 822. The molecule has 1 saturated heterocycles. The van der Waals surface area contributed by atoms with Gasteiger partial charge in [0.2, 0.25) is 0 Å². The highest BCUT2D eigenvalue weighted by Crippen LogP contribution is 2.28. The number of aromatic amines is 1. The van der Waals surface area contributed by atoms with Crippen LogP contribution < -0.4 is 5.32 Å². The molecule has 3 heterocycles. The molecule has 144 valence electrons. The van der Waals surface area contributed by atoms with Crippen LogP contribution in [0.15, 0.2) is 17.5 Å². The van der Waals surface area contributed by atoms with Crippen molar-refractivity contribution in [1.82, 2.24) is 15.2 Å². The zero-order chi connectivity index (χ0) is 18.8. The number of morpholine rings is 1. The van der Waals surface area contributed by atoms with Crippen LogP contribution in [0.3, 0.4) is 0 Å². The predicted molar refractivity (Wildman–Crippen MR) is 105 cm³/mol. The normalized spacial score (nSPS) is 18.9. The van der Waals surface area contributed by atoms with Crippen LogP contribution in [-0.2, 0) is 11.2 Å². The highest BCUT2D eigenvalue weighted by molar-refractivity contribution is 7.10. The highest BCUT2D eigenvalue weighted by atomic mass is 32.1. The number of fused-ring (bicyclic) bond motifs is 1. The summed E-state index contributed by atoms with van der Waals surface area (Å²) in [7, 11) is 0. The molecule has 1 atom stereocenters. The summed E-state index contributed by atoms with van der Waals surface area (Å²) in [5.74, 6) is 0.0124. The first-order chi connectivity index (χ1) is 13.1. The Morgan fingerprint density at radius 1 is 1.37 bits per heavy atom. The number of carbonyl (C=O) groups excluding carboxylic acids is 2. The van der Waals surface area contributed by atoms with Gasteiger partial charge < -0.3 is 15.0 Å². The van der Waals surface area contributed by atoms with Gasteiger partial charge in [-0.2, -0.15) is 0 Å². The Balaban J connectivity index is 1.49. The first-order valence-corrected chi connectivity index (χ1v) is 10.4. The van der Waals surface area contributed by atoms with Gasteiger partial charge in [0, 0.05) is 42.2 Å². The van der Waals surface area contributed by atoms with Gasteiger partial charge in [-0.15, -0.1) is 11.3 Å². The molecule has 2 N–H and O–H groups in total. The Hall–Kier alpha value is -1.96. The second-order valence-corrected chi connectivity index (χ2v) is 8.12. The quantitative estimate of drug-likeness (QED) is 0.827. The van der Waals surface area contributed by atoms with E-state index in [2.05, 4.69) is 26.6 Å². The molecule has 7 heteroatoms. The molecule has 0 spiro atoms. The standard InChI is InChI=1S/C20H25N3O3S/c1-13-18-14(4-2-5-16(18)24)22-19(13)20(25)21-12-15(17-6-3-11-27-17)23-7-9-26-10-8-23/h3,6,11,15,22H,2,4-5,7-10,12H2,1H3,(H,21,25). The molecule has 0 bridgehead atoms. The second-order valence-electron chi connectivity index (χ2n) is 7.14. The molecule has 1 unspecified atom stereocenters. The minimum atomic E-state index is -0.135. The monoisotopic (exact) mass is 387 g/mol. The van der Waals surface area contributed by atoms with E-state index in [9.17, 15) is 9.59 Å². The fraction of sp³-hybridized carbons (Fsp3) is 0.500. The van der Waals surface area contributed by atoms with Crippen molar-refractivity contribution in [3.05, 3.63) is 44.9 Å². The minimum absolute atomic E-state index is 0.135. The SMILES string of the molecule is Cc1c(C(=O)NCC(c2cccs2)N2CCOCC2)[nH]c2c1C(=O)CCC2. The lowest BCUT2D eigenvalue weighted by molar-refractivity contribution is 0.0169. The van der Waals surface area contributed by atoms with E-state index < -0.39 is 0 Å². The lowest BCUT2D eigenvalue weighted by Crippen LogP contribution is -2.43. The maximum Gasteiger partial charge on any atom is 0.268 e. The van der Waals surface area contributed by atoms with Gasteiger partial charge in [0.1, 0.15) is 5.69 Å².